The quantitative estimate of drug-likeness (QED) is 0.456. The van der Waals surface area contributed by atoms with Gasteiger partial charge in [-0.15, -0.1) is 0 Å². The van der Waals surface area contributed by atoms with Crippen LogP contribution in [0.4, 0.5) is 5.69 Å². The number of hydrogen-bond acceptors (Lipinski definition) is 4. The summed E-state index contributed by atoms with van der Waals surface area (Å²) in [7, 11) is 1.53. The van der Waals surface area contributed by atoms with Gasteiger partial charge in [0, 0.05) is 36.4 Å². The number of rotatable bonds is 9. The number of likely N-dealkylation sites (tertiary alicyclic amines) is 1. The second-order valence-electron chi connectivity index (χ2n) is 8.57. The maximum Gasteiger partial charge on any atom is 0.258 e. The van der Waals surface area contributed by atoms with E-state index in [9.17, 15) is 9.59 Å². The molecule has 0 unspecified atom stereocenters. The topological polar surface area (TPSA) is 61.9 Å². The molecular formula is C28H30ClN3O3. The van der Waals surface area contributed by atoms with E-state index in [0.29, 0.717) is 35.0 Å². The van der Waals surface area contributed by atoms with Gasteiger partial charge in [0.25, 0.3) is 11.8 Å². The van der Waals surface area contributed by atoms with E-state index in [2.05, 4.69) is 10.2 Å². The zero-order valence-electron chi connectivity index (χ0n) is 19.9. The van der Waals surface area contributed by atoms with Crippen LogP contribution in [-0.2, 0) is 6.54 Å². The monoisotopic (exact) mass is 491 g/mol. The third kappa shape index (κ3) is 6.41. The SMILES string of the molecule is COc1ccc(C(=O)NCc2cccc(C(=O)N(CCN3CCCC3)c3ccccc3)c2)cc1Cl. The Kier molecular flexibility index (Phi) is 8.40. The van der Waals surface area contributed by atoms with Gasteiger partial charge in [-0.1, -0.05) is 41.9 Å². The van der Waals surface area contributed by atoms with Gasteiger partial charge in [-0.05, 0) is 74.0 Å². The Morgan fingerprint density at radius 2 is 1.74 bits per heavy atom. The molecule has 0 aliphatic carbocycles. The molecule has 0 saturated carbocycles. The summed E-state index contributed by atoms with van der Waals surface area (Å²) in [4.78, 5) is 30.4. The lowest BCUT2D eigenvalue weighted by molar-refractivity contribution is 0.0950. The van der Waals surface area contributed by atoms with Crippen LogP contribution < -0.4 is 15.0 Å². The number of benzene rings is 3. The van der Waals surface area contributed by atoms with Crippen molar-refractivity contribution in [1.82, 2.24) is 10.2 Å². The number of carbonyl (C=O) groups is 2. The molecular weight excluding hydrogens is 462 g/mol. The van der Waals surface area contributed by atoms with Crippen molar-refractivity contribution < 1.29 is 14.3 Å². The number of amides is 2. The predicted molar refractivity (Wildman–Crippen MR) is 139 cm³/mol. The third-order valence-corrected chi connectivity index (χ3v) is 6.49. The van der Waals surface area contributed by atoms with Gasteiger partial charge >= 0.3 is 0 Å². The highest BCUT2D eigenvalue weighted by Gasteiger charge is 2.20. The average molecular weight is 492 g/mol. The molecule has 6 nitrogen and oxygen atoms in total. The van der Waals surface area contributed by atoms with Crippen LogP contribution in [0.3, 0.4) is 0 Å². The predicted octanol–water partition coefficient (Wildman–Crippen LogP) is 5.02. The Labute approximate surface area is 211 Å². The number of anilines is 1. The summed E-state index contributed by atoms with van der Waals surface area (Å²) in [6.45, 7) is 3.95. The molecule has 1 heterocycles. The van der Waals surface area contributed by atoms with E-state index in [0.717, 1.165) is 30.9 Å². The van der Waals surface area contributed by atoms with Crippen LogP contribution in [0.1, 0.15) is 39.1 Å². The molecule has 3 aromatic rings. The van der Waals surface area contributed by atoms with E-state index < -0.39 is 0 Å². The van der Waals surface area contributed by atoms with E-state index in [4.69, 9.17) is 16.3 Å². The van der Waals surface area contributed by atoms with E-state index in [1.54, 1.807) is 18.2 Å². The molecule has 0 atom stereocenters. The van der Waals surface area contributed by atoms with E-state index in [1.165, 1.54) is 20.0 Å². The second kappa shape index (κ2) is 11.9. The molecule has 1 aliphatic rings. The largest absolute Gasteiger partial charge is 0.495 e. The number of halogens is 1. The Morgan fingerprint density at radius 3 is 2.46 bits per heavy atom. The van der Waals surface area contributed by atoms with Gasteiger partial charge in [0.15, 0.2) is 0 Å². The lowest BCUT2D eigenvalue weighted by atomic mass is 10.1. The molecule has 35 heavy (non-hydrogen) atoms. The summed E-state index contributed by atoms with van der Waals surface area (Å²) < 4.78 is 5.14. The number of ether oxygens (including phenoxy) is 1. The number of methoxy groups -OCH3 is 1. The van der Waals surface area contributed by atoms with Crippen molar-refractivity contribution in [3.05, 3.63) is 94.5 Å². The fourth-order valence-electron chi connectivity index (χ4n) is 4.27. The minimum atomic E-state index is -0.247. The van der Waals surface area contributed by atoms with Crippen molar-refractivity contribution in [2.75, 3.05) is 38.2 Å². The van der Waals surface area contributed by atoms with Crippen LogP contribution in [-0.4, -0.2) is 50.0 Å². The summed E-state index contributed by atoms with van der Waals surface area (Å²) >= 11 is 6.14. The van der Waals surface area contributed by atoms with Crippen LogP contribution in [0.2, 0.25) is 5.02 Å². The van der Waals surface area contributed by atoms with Gasteiger partial charge < -0.3 is 19.9 Å². The highest BCUT2D eigenvalue weighted by Crippen LogP contribution is 2.25. The van der Waals surface area contributed by atoms with E-state index in [-0.39, 0.29) is 11.8 Å². The molecule has 1 fully saturated rings. The van der Waals surface area contributed by atoms with Gasteiger partial charge in [0.1, 0.15) is 5.75 Å². The molecule has 1 saturated heterocycles. The van der Waals surface area contributed by atoms with Gasteiger partial charge in [0.05, 0.1) is 12.1 Å². The van der Waals surface area contributed by atoms with Gasteiger partial charge in [-0.2, -0.15) is 0 Å². The molecule has 1 aliphatic heterocycles. The Bertz CT molecular complexity index is 1160. The van der Waals surface area contributed by atoms with Gasteiger partial charge in [-0.3, -0.25) is 9.59 Å². The summed E-state index contributed by atoms with van der Waals surface area (Å²) in [5, 5.41) is 3.28. The first kappa shape index (κ1) is 24.8. The van der Waals surface area contributed by atoms with Gasteiger partial charge in [0.2, 0.25) is 0 Å². The van der Waals surface area contributed by atoms with Crippen LogP contribution in [0.25, 0.3) is 0 Å². The smallest absolute Gasteiger partial charge is 0.258 e. The van der Waals surface area contributed by atoms with Crippen LogP contribution in [0.15, 0.2) is 72.8 Å². The number of para-hydroxylation sites is 1. The first-order valence-electron chi connectivity index (χ1n) is 11.8. The maximum atomic E-state index is 13.6. The minimum Gasteiger partial charge on any atom is -0.495 e. The number of nitrogens with one attached hydrogen (secondary N) is 1. The van der Waals surface area contributed by atoms with Gasteiger partial charge in [-0.25, -0.2) is 0 Å². The second-order valence-corrected chi connectivity index (χ2v) is 8.98. The first-order valence-corrected chi connectivity index (χ1v) is 12.2. The zero-order valence-corrected chi connectivity index (χ0v) is 20.6. The Hall–Kier alpha value is -3.35. The molecule has 3 aromatic carbocycles. The highest BCUT2D eigenvalue weighted by molar-refractivity contribution is 6.32. The Morgan fingerprint density at radius 1 is 0.971 bits per heavy atom. The fourth-order valence-corrected chi connectivity index (χ4v) is 4.52. The third-order valence-electron chi connectivity index (χ3n) is 6.19. The summed E-state index contributed by atoms with van der Waals surface area (Å²) in [5.41, 5.74) is 2.76. The molecule has 2 amide bonds. The van der Waals surface area contributed by atoms with Crippen molar-refractivity contribution >= 4 is 29.1 Å². The molecule has 4 rings (SSSR count). The number of nitrogens with zero attached hydrogens (tertiary/aromatic N) is 2. The van der Waals surface area contributed by atoms with E-state index in [1.807, 2.05) is 59.5 Å². The van der Waals surface area contributed by atoms with E-state index >= 15 is 0 Å². The van der Waals surface area contributed by atoms with Crippen LogP contribution in [0.5, 0.6) is 5.75 Å². The van der Waals surface area contributed by atoms with Crippen LogP contribution >= 0.6 is 11.6 Å². The number of hydrogen-bond donors (Lipinski definition) is 1. The molecule has 1 N–H and O–H groups in total. The molecule has 0 radical (unpaired) electrons. The minimum absolute atomic E-state index is 0.0505. The van der Waals surface area contributed by atoms with Crippen molar-refractivity contribution in [2.45, 2.75) is 19.4 Å². The molecule has 0 bridgehead atoms. The molecule has 7 heteroatoms. The first-order chi connectivity index (χ1) is 17.0. The summed E-state index contributed by atoms with van der Waals surface area (Å²) in [5.74, 6) is 0.218. The number of carbonyl (C=O) groups excluding carboxylic acids is 2. The maximum absolute atomic E-state index is 13.6. The Balaban J connectivity index is 1.45. The van der Waals surface area contributed by atoms with Crippen molar-refractivity contribution in [1.29, 1.82) is 0 Å². The molecule has 0 aromatic heterocycles. The highest BCUT2D eigenvalue weighted by atomic mass is 35.5. The summed E-state index contributed by atoms with van der Waals surface area (Å²) in [6.07, 6.45) is 2.44. The van der Waals surface area contributed by atoms with Crippen LogP contribution in [0, 0.1) is 0 Å². The fraction of sp³-hybridized carbons (Fsp3) is 0.286. The standard InChI is InChI=1S/C28H30ClN3O3/c1-35-26-13-12-22(19-25(26)29)27(33)30-20-21-8-7-9-23(18-21)28(34)32(24-10-3-2-4-11-24)17-16-31-14-5-6-15-31/h2-4,7-13,18-19H,5-6,14-17,20H2,1H3,(H,30,33). The lowest BCUT2D eigenvalue weighted by Gasteiger charge is -2.26. The molecule has 182 valence electrons. The summed E-state index contributed by atoms with van der Waals surface area (Å²) in [6, 6.07) is 22.1. The molecule has 0 spiro atoms. The normalized spacial score (nSPS) is 13.4. The van der Waals surface area contributed by atoms with Crippen molar-refractivity contribution in [3.63, 3.8) is 0 Å². The van der Waals surface area contributed by atoms with Crippen molar-refractivity contribution in [3.8, 4) is 5.75 Å². The zero-order chi connectivity index (χ0) is 24.6. The van der Waals surface area contributed by atoms with Crippen molar-refractivity contribution in [2.24, 2.45) is 0 Å². The average Bonchev–Trinajstić information content (AvgIpc) is 3.42. The lowest BCUT2D eigenvalue weighted by Crippen LogP contribution is -2.38.